The van der Waals surface area contributed by atoms with Gasteiger partial charge in [0.15, 0.2) is 11.3 Å². The molecule has 2 aliphatic carbocycles. The van der Waals surface area contributed by atoms with Crippen molar-refractivity contribution in [3.63, 3.8) is 0 Å². The first-order chi connectivity index (χ1) is 13.7. The van der Waals surface area contributed by atoms with Crippen LogP contribution in [0, 0.1) is 23.2 Å². The van der Waals surface area contributed by atoms with Crippen LogP contribution in [0.5, 0.6) is 0 Å². The summed E-state index contributed by atoms with van der Waals surface area (Å²) in [5.41, 5.74) is 7.86. The Morgan fingerprint density at radius 2 is 2.00 bits per heavy atom. The van der Waals surface area contributed by atoms with E-state index in [9.17, 15) is 4.79 Å². The van der Waals surface area contributed by atoms with Crippen LogP contribution in [0.2, 0.25) is 0 Å². The lowest BCUT2D eigenvalue weighted by Gasteiger charge is -2.50. The summed E-state index contributed by atoms with van der Waals surface area (Å²) in [6.07, 6.45) is 5.88. The number of ketones is 1. The number of hydrogen-bond acceptors (Lipinski definition) is 4. The number of rotatable bonds is 3. The first kappa shape index (κ1) is 21.0. The SMILES string of the molecule is COC1CCC2(CC1)Cc1ccc(Br)cc1C21N=C(N)C(C)C(CC(C)C)C1=O. The van der Waals surface area contributed by atoms with Gasteiger partial charge in [-0.3, -0.25) is 9.79 Å². The molecule has 1 heterocycles. The number of carbonyl (C=O) groups excluding carboxylic acids is 1. The summed E-state index contributed by atoms with van der Waals surface area (Å²) in [4.78, 5) is 19.5. The average Bonchev–Trinajstić information content (AvgIpc) is 2.94. The molecule has 5 heteroatoms. The molecule has 1 fully saturated rings. The highest BCUT2D eigenvalue weighted by molar-refractivity contribution is 9.10. The molecular formula is C24H33BrN2O2. The number of hydrogen-bond donors (Lipinski definition) is 1. The Kier molecular flexibility index (Phi) is 5.44. The van der Waals surface area contributed by atoms with Crippen molar-refractivity contribution in [3.05, 3.63) is 33.8 Å². The van der Waals surface area contributed by atoms with E-state index in [-0.39, 0.29) is 23.4 Å². The van der Waals surface area contributed by atoms with E-state index in [2.05, 4.69) is 54.9 Å². The van der Waals surface area contributed by atoms with Gasteiger partial charge in [0.2, 0.25) is 0 Å². The molecule has 3 unspecified atom stereocenters. The molecule has 1 aromatic carbocycles. The second-order valence-corrected chi connectivity index (χ2v) is 10.7. The van der Waals surface area contributed by atoms with Gasteiger partial charge in [-0.2, -0.15) is 0 Å². The van der Waals surface area contributed by atoms with E-state index in [0.717, 1.165) is 48.6 Å². The highest BCUT2D eigenvalue weighted by Crippen LogP contribution is 2.62. The largest absolute Gasteiger partial charge is 0.387 e. The molecule has 0 radical (unpaired) electrons. The van der Waals surface area contributed by atoms with E-state index >= 15 is 0 Å². The van der Waals surface area contributed by atoms with Gasteiger partial charge in [-0.25, -0.2) is 0 Å². The Labute approximate surface area is 182 Å². The standard InChI is InChI=1S/C24H33BrN2O2/c1-14(2)11-19-15(3)22(26)27-24(21(19)28)20-12-17(25)6-5-16(20)13-23(24)9-7-18(29-4)8-10-23/h5-6,12,14-15,18-19H,7-11,13H2,1-4H3,(H2,26,27). The van der Waals surface area contributed by atoms with Crippen LogP contribution >= 0.6 is 15.9 Å². The Balaban J connectivity index is 1.91. The van der Waals surface area contributed by atoms with Gasteiger partial charge in [0.25, 0.3) is 0 Å². The van der Waals surface area contributed by atoms with Gasteiger partial charge >= 0.3 is 0 Å². The fourth-order valence-electron chi connectivity index (χ4n) is 6.18. The number of amidine groups is 1. The van der Waals surface area contributed by atoms with Crippen LogP contribution in [0.1, 0.15) is 64.0 Å². The molecule has 3 atom stereocenters. The van der Waals surface area contributed by atoms with E-state index in [1.54, 1.807) is 7.11 Å². The summed E-state index contributed by atoms with van der Waals surface area (Å²) in [5.74, 6) is 1.31. The molecule has 2 N–H and O–H groups in total. The number of methoxy groups -OCH3 is 1. The Morgan fingerprint density at radius 3 is 2.62 bits per heavy atom. The quantitative estimate of drug-likeness (QED) is 0.688. The van der Waals surface area contributed by atoms with Gasteiger partial charge < -0.3 is 10.5 Å². The summed E-state index contributed by atoms with van der Waals surface area (Å²) >= 11 is 3.64. The van der Waals surface area contributed by atoms with E-state index in [4.69, 9.17) is 15.5 Å². The zero-order chi connectivity index (χ0) is 21.0. The maximum absolute atomic E-state index is 14.3. The van der Waals surface area contributed by atoms with Crippen LogP contribution in [-0.4, -0.2) is 24.8 Å². The molecule has 0 amide bonds. The summed E-state index contributed by atoms with van der Waals surface area (Å²) in [7, 11) is 1.79. The number of benzene rings is 1. The third kappa shape index (κ3) is 3.11. The maximum atomic E-state index is 14.3. The maximum Gasteiger partial charge on any atom is 0.169 e. The molecule has 4 rings (SSSR count). The van der Waals surface area contributed by atoms with Crippen LogP contribution in [0.3, 0.4) is 0 Å². The minimum atomic E-state index is -0.846. The molecule has 29 heavy (non-hydrogen) atoms. The lowest BCUT2D eigenvalue weighted by Crippen LogP contribution is -2.57. The zero-order valence-electron chi connectivity index (χ0n) is 18.0. The monoisotopic (exact) mass is 460 g/mol. The lowest BCUT2D eigenvalue weighted by atomic mass is 9.56. The molecular weight excluding hydrogens is 428 g/mol. The molecule has 2 spiro atoms. The van der Waals surface area contributed by atoms with Crippen LogP contribution in [-0.2, 0) is 21.5 Å². The molecule has 0 aromatic heterocycles. The zero-order valence-corrected chi connectivity index (χ0v) is 19.6. The van der Waals surface area contributed by atoms with Crippen LogP contribution in [0.4, 0.5) is 0 Å². The van der Waals surface area contributed by atoms with Crippen molar-refractivity contribution in [2.24, 2.45) is 33.9 Å². The van der Waals surface area contributed by atoms with Crippen molar-refractivity contribution in [3.8, 4) is 0 Å². The van der Waals surface area contributed by atoms with E-state index < -0.39 is 5.54 Å². The predicted octanol–water partition coefficient (Wildman–Crippen LogP) is 5.01. The number of ether oxygens (including phenoxy) is 1. The molecule has 158 valence electrons. The van der Waals surface area contributed by atoms with E-state index in [1.807, 2.05) is 0 Å². The number of halogens is 1. The number of Topliss-reactive ketones (excluding diaryl/α,β-unsaturated/α-hetero) is 1. The normalized spacial score (nSPS) is 36.7. The van der Waals surface area contributed by atoms with Gasteiger partial charge in [0.05, 0.1) is 11.9 Å². The summed E-state index contributed by atoms with van der Waals surface area (Å²) in [6, 6.07) is 6.39. The predicted molar refractivity (Wildman–Crippen MR) is 120 cm³/mol. The molecule has 1 saturated carbocycles. The minimum Gasteiger partial charge on any atom is -0.387 e. The van der Waals surface area contributed by atoms with Crippen molar-refractivity contribution < 1.29 is 9.53 Å². The smallest absolute Gasteiger partial charge is 0.169 e. The van der Waals surface area contributed by atoms with Crippen LogP contribution in [0.25, 0.3) is 0 Å². The van der Waals surface area contributed by atoms with Gasteiger partial charge in [-0.15, -0.1) is 0 Å². The molecule has 3 aliphatic rings. The summed E-state index contributed by atoms with van der Waals surface area (Å²) < 4.78 is 6.65. The molecule has 0 saturated heterocycles. The Hall–Kier alpha value is -1.20. The minimum absolute atomic E-state index is 0.000841. The number of nitrogens with zero attached hydrogens (tertiary/aromatic N) is 1. The number of aliphatic imine (C=N–C) groups is 1. The van der Waals surface area contributed by atoms with Gasteiger partial charge in [0.1, 0.15) is 0 Å². The van der Waals surface area contributed by atoms with Crippen molar-refractivity contribution in [2.45, 2.75) is 70.9 Å². The molecule has 1 aliphatic heterocycles. The first-order valence-electron chi connectivity index (χ1n) is 11.0. The number of fused-ring (bicyclic) bond motifs is 3. The molecule has 1 aromatic rings. The van der Waals surface area contributed by atoms with Crippen LogP contribution < -0.4 is 5.73 Å². The summed E-state index contributed by atoms with van der Waals surface area (Å²) in [6.45, 7) is 6.45. The first-order valence-corrected chi connectivity index (χ1v) is 11.7. The number of carbonyl (C=O) groups is 1. The fourth-order valence-corrected chi connectivity index (χ4v) is 6.54. The molecule has 0 bridgehead atoms. The van der Waals surface area contributed by atoms with Crippen molar-refractivity contribution >= 4 is 27.5 Å². The second kappa shape index (κ2) is 7.49. The third-order valence-electron chi connectivity index (χ3n) is 7.77. The van der Waals surface area contributed by atoms with Crippen molar-refractivity contribution in [1.29, 1.82) is 0 Å². The second-order valence-electron chi connectivity index (χ2n) is 9.83. The average molecular weight is 461 g/mol. The van der Waals surface area contributed by atoms with Gasteiger partial charge in [-0.1, -0.05) is 42.8 Å². The van der Waals surface area contributed by atoms with Crippen LogP contribution in [0.15, 0.2) is 27.7 Å². The lowest BCUT2D eigenvalue weighted by molar-refractivity contribution is -0.138. The van der Waals surface area contributed by atoms with Gasteiger partial charge in [0, 0.05) is 28.8 Å². The van der Waals surface area contributed by atoms with E-state index in [0.29, 0.717) is 17.5 Å². The van der Waals surface area contributed by atoms with E-state index in [1.165, 1.54) is 5.56 Å². The van der Waals surface area contributed by atoms with Crippen molar-refractivity contribution in [2.75, 3.05) is 7.11 Å². The Bertz CT molecular complexity index is 841. The molecule has 4 nitrogen and oxygen atoms in total. The third-order valence-corrected chi connectivity index (χ3v) is 8.26. The highest BCUT2D eigenvalue weighted by Gasteiger charge is 2.65. The topological polar surface area (TPSA) is 64.7 Å². The van der Waals surface area contributed by atoms with Gasteiger partial charge in [-0.05, 0) is 67.7 Å². The van der Waals surface area contributed by atoms with Crippen molar-refractivity contribution in [1.82, 2.24) is 0 Å². The summed E-state index contributed by atoms with van der Waals surface area (Å²) in [5, 5.41) is 0. The Morgan fingerprint density at radius 1 is 1.31 bits per heavy atom. The fraction of sp³-hybridized carbons (Fsp3) is 0.667. The number of nitrogens with two attached hydrogens (primary N) is 1. The highest BCUT2D eigenvalue weighted by atomic mass is 79.9.